The van der Waals surface area contributed by atoms with Crippen molar-refractivity contribution < 1.29 is 28.2 Å². The first-order valence-corrected chi connectivity index (χ1v) is 10.0. The fraction of sp³-hybridized carbons (Fsp3) is 0.545. The number of carbonyl (C=O) groups excluding carboxylic acids is 2. The molecule has 0 radical (unpaired) electrons. The number of unbranched alkanes of at least 4 members (excludes halogenated alkanes) is 1. The van der Waals surface area contributed by atoms with Crippen LogP contribution >= 0.6 is 0 Å². The van der Waals surface area contributed by atoms with E-state index >= 15 is 0 Å². The maximum atomic E-state index is 13.6. The van der Waals surface area contributed by atoms with Gasteiger partial charge in [0.1, 0.15) is 11.9 Å². The van der Waals surface area contributed by atoms with Crippen molar-refractivity contribution in [1.82, 2.24) is 0 Å². The number of ether oxygens (including phenoxy) is 3. The Balaban J connectivity index is 2.42. The Morgan fingerprint density at radius 3 is 2.38 bits per heavy atom. The highest BCUT2D eigenvalue weighted by molar-refractivity contribution is 5.88. The first kappa shape index (κ1) is 24.5. The maximum Gasteiger partial charge on any atom is 0.412 e. The van der Waals surface area contributed by atoms with E-state index < -0.39 is 24.3 Å². The summed E-state index contributed by atoms with van der Waals surface area (Å²) in [7, 11) is 0. The van der Waals surface area contributed by atoms with E-state index in [0.29, 0.717) is 42.9 Å². The summed E-state index contributed by atoms with van der Waals surface area (Å²) in [5, 5.41) is 2.54. The van der Waals surface area contributed by atoms with Crippen LogP contribution in [0.3, 0.4) is 0 Å². The third-order valence-corrected chi connectivity index (χ3v) is 4.08. The van der Waals surface area contributed by atoms with Crippen LogP contribution < -0.4 is 10.1 Å². The van der Waals surface area contributed by atoms with Crippen molar-refractivity contribution in [2.75, 3.05) is 18.5 Å². The van der Waals surface area contributed by atoms with Gasteiger partial charge in [-0.05, 0) is 62.9 Å². The number of halogens is 1. The zero-order chi connectivity index (χ0) is 21.6. The minimum Gasteiger partial charge on any atom is -0.494 e. The van der Waals surface area contributed by atoms with Gasteiger partial charge < -0.3 is 14.2 Å². The topological polar surface area (TPSA) is 73.9 Å². The maximum absolute atomic E-state index is 13.6. The molecule has 0 saturated heterocycles. The van der Waals surface area contributed by atoms with E-state index in [0.717, 1.165) is 12.8 Å². The van der Waals surface area contributed by atoms with Gasteiger partial charge in [-0.15, -0.1) is 0 Å². The highest BCUT2D eigenvalue weighted by atomic mass is 19.1. The molecule has 0 fully saturated rings. The molecule has 0 aliphatic rings. The smallest absolute Gasteiger partial charge is 0.412 e. The lowest BCUT2D eigenvalue weighted by Crippen LogP contribution is -2.31. The largest absolute Gasteiger partial charge is 0.494 e. The van der Waals surface area contributed by atoms with Crippen molar-refractivity contribution >= 4 is 17.7 Å². The molecule has 162 valence electrons. The Morgan fingerprint density at radius 2 is 1.79 bits per heavy atom. The summed E-state index contributed by atoms with van der Waals surface area (Å²) in [6.07, 6.45) is 0.940. The van der Waals surface area contributed by atoms with Gasteiger partial charge in [0.2, 0.25) is 6.10 Å². The van der Waals surface area contributed by atoms with Crippen LogP contribution in [0.25, 0.3) is 0 Å². The standard InChI is InChI=1S/C22H32FNO5/c1-5-7-9-17(23)10-8-15-28-19-13-11-18(12-14-19)24-22(26)29-20(16(3)4)21(25)27-6-2/h11-14,17,20H,3,5-10,15H2,1-2,4H3,(H,24,26). The molecule has 0 spiro atoms. The molecule has 7 heteroatoms. The number of hydrogen-bond donors (Lipinski definition) is 1. The van der Waals surface area contributed by atoms with E-state index in [1.165, 1.54) is 0 Å². The fourth-order valence-corrected chi connectivity index (χ4v) is 2.52. The molecule has 0 aliphatic heterocycles. The normalized spacial score (nSPS) is 12.6. The minimum atomic E-state index is -1.16. The van der Waals surface area contributed by atoms with Crippen LogP contribution in [0, 0.1) is 0 Å². The number of amides is 1. The lowest BCUT2D eigenvalue weighted by atomic mass is 10.1. The fourth-order valence-electron chi connectivity index (χ4n) is 2.52. The summed E-state index contributed by atoms with van der Waals surface area (Å²) in [5.41, 5.74) is 0.850. The molecule has 0 saturated carbocycles. The van der Waals surface area contributed by atoms with Crippen molar-refractivity contribution in [3.63, 3.8) is 0 Å². The molecule has 6 nitrogen and oxygen atoms in total. The van der Waals surface area contributed by atoms with Crippen LogP contribution in [0.1, 0.15) is 52.9 Å². The van der Waals surface area contributed by atoms with Crippen molar-refractivity contribution in [3.05, 3.63) is 36.4 Å². The molecule has 1 aromatic carbocycles. The van der Waals surface area contributed by atoms with Gasteiger partial charge in [0.05, 0.1) is 13.2 Å². The number of benzene rings is 1. The first-order chi connectivity index (χ1) is 13.9. The predicted octanol–water partition coefficient (Wildman–Crippen LogP) is 5.43. The van der Waals surface area contributed by atoms with Crippen LogP contribution in [-0.4, -0.2) is 37.6 Å². The Morgan fingerprint density at radius 1 is 1.14 bits per heavy atom. The summed E-state index contributed by atoms with van der Waals surface area (Å²) >= 11 is 0. The first-order valence-electron chi connectivity index (χ1n) is 10.0. The van der Waals surface area contributed by atoms with E-state index in [2.05, 4.69) is 11.9 Å². The number of anilines is 1. The van der Waals surface area contributed by atoms with Crippen LogP contribution in [0.2, 0.25) is 0 Å². The van der Waals surface area contributed by atoms with Crippen LogP contribution in [0.5, 0.6) is 5.75 Å². The number of hydrogen-bond acceptors (Lipinski definition) is 5. The molecule has 0 aromatic heterocycles. The van der Waals surface area contributed by atoms with Crippen LogP contribution in [0.15, 0.2) is 36.4 Å². The van der Waals surface area contributed by atoms with Crippen molar-refractivity contribution in [3.8, 4) is 5.75 Å². The number of rotatable bonds is 13. The van der Waals surface area contributed by atoms with E-state index in [1.54, 1.807) is 38.1 Å². The Hall–Kier alpha value is -2.57. The van der Waals surface area contributed by atoms with Crippen molar-refractivity contribution in [2.45, 2.75) is 65.2 Å². The SMILES string of the molecule is C=C(C)C(OC(=O)Nc1ccc(OCCCC(F)CCCC)cc1)C(=O)OCC. The number of alkyl halides is 1. The predicted molar refractivity (Wildman–Crippen MR) is 111 cm³/mol. The molecule has 1 rings (SSSR count). The molecule has 2 atom stereocenters. The minimum absolute atomic E-state index is 0.180. The second-order valence-electron chi connectivity index (χ2n) is 6.76. The van der Waals surface area contributed by atoms with E-state index in [1.807, 2.05) is 6.92 Å². The molecule has 0 bridgehead atoms. The highest BCUT2D eigenvalue weighted by Gasteiger charge is 2.25. The quantitative estimate of drug-likeness (QED) is 0.267. The second kappa shape index (κ2) is 13.6. The lowest BCUT2D eigenvalue weighted by Gasteiger charge is -2.16. The zero-order valence-corrected chi connectivity index (χ0v) is 17.5. The van der Waals surface area contributed by atoms with Crippen LogP contribution in [-0.2, 0) is 14.3 Å². The summed E-state index contributed by atoms with van der Waals surface area (Å²) < 4.78 is 29.1. The Bertz CT molecular complexity index is 647. The molecular weight excluding hydrogens is 377 g/mol. The molecule has 0 aliphatic carbocycles. The summed E-state index contributed by atoms with van der Waals surface area (Å²) in [4.78, 5) is 23.8. The Kier molecular flexibility index (Phi) is 11.5. The third kappa shape index (κ3) is 9.96. The Labute approximate surface area is 172 Å². The summed E-state index contributed by atoms with van der Waals surface area (Å²) in [6.45, 7) is 9.55. The average molecular weight is 409 g/mol. The summed E-state index contributed by atoms with van der Waals surface area (Å²) in [6, 6.07) is 6.69. The lowest BCUT2D eigenvalue weighted by molar-refractivity contribution is -0.150. The van der Waals surface area contributed by atoms with Gasteiger partial charge in [-0.25, -0.2) is 14.0 Å². The van der Waals surface area contributed by atoms with Gasteiger partial charge in [-0.3, -0.25) is 5.32 Å². The van der Waals surface area contributed by atoms with Gasteiger partial charge in [-0.1, -0.05) is 26.3 Å². The molecular formula is C22H32FNO5. The molecule has 1 aromatic rings. The molecule has 0 heterocycles. The zero-order valence-electron chi connectivity index (χ0n) is 17.5. The molecule has 1 amide bonds. The monoisotopic (exact) mass is 409 g/mol. The average Bonchev–Trinajstić information content (AvgIpc) is 2.69. The van der Waals surface area contributed by atoms with E-state index in [-0.39, 0.29) is 6.61 Å². The highest BCUT2D eigenvalue weighted by Crippen LogP contribution is 2.18. The van der Waals surface area contributed by atoms with Gasteiger partial charge in [0.25, 0.3) is 0 Å². The summed E-state index contributed by atoms with van der Waals surface area (Å²) in [5.74, 6) is -0.0386. The molecule has 2 unspecified atom stereocenters. The van der Waals surface area contributed by atoms with E-state index in [4.69, 9.17) is 14.2 Å². The van der Waals surface area contributed by atoms with Gasteiger partial charge in [-0.2, -0.15) is 0 Å². The van der Waals surface area contributed by atoms with Crippen LogP contribution in [0.4, 0.5) is 14.9 Å². The second-order valence-corrected chi connectivity index (χ2v) is 6.76. The van der Waals surface area contributed by atoms with Crippen molar-refractivity contribution in [2.24, 2.45) is 0 Å². The molecule has 29 heavy (non-hydrogen) atoms. The van der Waals surface area contributed by atoms with Crippen molar-refractivity contribution in [1.29, 1.82) is 0 Å². The number of nitrogens with one attached hydrogen (secondary N) is 1. The third-order valence-electron chi connectivity index (χ3n) is 4.08. The van der Waals surface area contributed by atoms with Gasteiger partial charge in [0, 0.05) is 5.69 Å². The van der Waals surface area contributed by atoms with Gasteiger partial charge >= 0.3 is 12.1 Å². The van der Waals surface area contributed by atoms with Gasteiger partial charge in [0.15, 0.2) is 0 Å². The number of esters is 1. The van der Waals surface area contributed by atoms with E-state index in [9.17, 15) is 14.0 Å². The molecule has 1 N–H and O–H groups in total. The number of carbonyl (C=O) groups is 2.